The molecule has 1 aromatic heterocycles. The normalized spacial score (nSPS) is 12.1. The van der Waals surface area contributed by atoms with Crippen LogP contribution in [-0.4, -0.2) is 17.5 Å². The highest BCUT2D eigenvalue weighted by atomic mass is 16.5. The SMILES string of the molecule is CCCCC(CC)COc1nc(C(N)=O)ccc1N. The van der Waals surface area contributed by atoms with Gasteiger partial charge in [0.25, 0.3) is 5.91 Å². The summed E-state index contributed by atoms with van der Waals surface area (Å²) in [5, 5.41) is 0. The Labute approximate surface area is 114 Å². The van der Waals surface area contributed by atoms with Crippen molar-refractivity contribution < 1.29 is 9.53 Å². The molecule has 1 atom stereocenters. The quantitative estimate of drug-likeness (QED) is 0.754. The standard InChI is InChI=1S/C14H23N3O2/c1-3-5-6-10(4-2)9-19-14-11(15)7-8-12(17-14)13(16)18/h7-8,10H,3-6,9,15H2,1-2H3,(H2,16,18). The van der Waals surface area contributed by atoms with Gasteiger partial charge in [-0.15, -0.1) is 0 Å². The van der Waals surface area contributed by atoms with E-state index in [0.29, 0.717) is 24.1 Å². The molecule has 19 heavy (non-hydrogen) atoms. The van der Waals surface area contributed by atoms with Gasteiger partial charge < -0.3 is 16.2 Å². The van der Waals surface area contributed by atoms with Crippen LogP contribution in [0.2, 0.25) is 0 Å². The summed E-state index contributed by atoms with van der Waals surface area (Å²) in [6, 6.07) is 3.09. The van der Waals surface area contributed by atoms with Crippen LogP contribution in [0, 0.1) is 5.92 Å². The molecular formula is C14H23N3O2. The predicted octanol–water partition coefficient (Wildman–Crippen LogP) is 2.36. The van der Waals surface area contributed by atoms with E-state index >= 15 is 0 Å². The van der Waals surface area contributed by atoms with Crippen LogP contribution >= 0.6 is 0 Å². The van der Waals surface area contributed by atoms with Crippen LogP contribution < -0.4 is 16.2 Å². The number of primary amides is 1. The molecule has 0 spiro atoms. The molecule has 106 valence electrons. The molecule has 1 unspecified atom stereocenters. The number of carbonyl (C=O) groups excluding carboxylic acids is 1. The van der Waals surface area contributed by atoms with Gasteiger partial charge in [0.05, 0.1) is 12.3 Å². The van der Waals surface area contributed by atoms with E-state index in [4.69, 9.17) is 16.2 Å². The zero-order valence-corrected chi connectivity index (χ0v) is 11.7. The summed E-state index contributed by atoms with van der Waals surface area (Å²) >= 11 is 0. The second kappa shape index (κ2) is 7.61. The molecular weight excluding hydrogens is 242 g/mol. The van der Waals surface area contributed by atoms with Crippen LogP contribution in [0.25, 0.3) is 0 Å². The second-order valence-corrected chi connectivity index (χ2v) is 4.68. The highest BCUT2D eigenvalue weighted by Gasteiger charge is 2.11. The van der Waals surface area contributed by atoms with Crippen molar-refractivity contribution in [3.8, 4) is 5.88 Å². The molecule has 4 N–H and O–H groups in total. The largest absolute Gasteiger partial charge is 0.476 e. The number of ether oxygens (including phenoxy) is 1. The van der Waals surface area contributed by atoms with Gasteiger partial charge in [0.1, 0.15) is 5.69 Å². The van der Waals surface area contributed by atoms with E-state index in [0.717, 1.165) is 12.8 Å². The molecule has 0 bridgehead atoms. The smallest absolute Gasteiger partial charge is 0.267 e. The molecule has 1 aromatic rings. The Morgan fingerprint density at radius 2 is 2.16 bits per heavy atom. The van der Waals surface area contributed by atoms with Gasteiger partial charge in [0.15, 0.2) is 0 Å². The van der Waals surface area contributed by atoms with E-state index < -0.39 is 5.91 Å². The Bertz CT molecular complexity index is 421. The second-order valence-electron chi connectivity index (χ2n) is 4.68. The Morgan fingerprint density at radius 3 is 2.74 bits per heavy atom. The predicted molar refractivity (Wildman–Crippen MR) is 76.0 cm³/mol. The molecule has 5 heteroatoms. The Balaban J connectivity index is 2.65. The topological polar surface area (TPSA) is 91.2 Å². The molecule has 0 aliphatic heterocycles. The molecule has 0 fully saturated rings. The lowest BCUT2D eigenvalue weighted by atomic mass is 10.0. The fourth-order valence-corrected chi connectivity index (χ4v) is 1.80. The summed E-state index contributed by atoms with van der Waals surface area (Å²) in [6.45, 7) is 4.87. The maximum absolute atomic E-state index is 11.1. The molecule has 0 saturated carbocycles. The molecule has 0 aliphatic rings. The van der Waals surface area contributed by atoms with Crippen LogP contribution in [0.4, 0.5) is 5.69 Å². The molecule has 5 nitrogen and oxygen atoms in total. The van der Waals surface area contributed by atoms with Gasteiger partial charge in [0.2, 0.25) is 5.88 Å². The van der Waals surface area contributed by atoms with Crippen molar-refractivity contribution in [2.24, 2.45) is 11.7 Å². The summed E-state index contributed by atoms with van der Waals surface area (Å²) in [5.41, 5.74) is 11.6. The lowest BCUT2D eigenvalue weighted by Gasteiger charge is -2.16. The molecule has 0 aliphatic carbocycles. The van der Waals surface area contributed by atoms with Crippen LogP contribution in [0.5, 0.6) is 5.88 Å². The number of amides is 1. The number of anilines is 1. The summed E-state index contributed by atoms with van der Waals surface area (Å²) in [4.78, 5) is 15.1. The molecule has 1 heterocycles. The van der Waals surface area contributed by atoms with Crippen LogP contribution in [0.3, 0.4) is 0 Å². The third kappa shape index (κ3) is 4.77. The third-order valence-electron chi connectivity index (χ3n) is 3.14. The Morgan fingerprint density at radius 1 is 1.42 bits per heavy atom. The van der Waals surface area contributed by atoms with E-state index in [2.05, 4.69) is 18.8 Å². The van der Waals surface area contributed by atoms with Gasteiger partial charge in [-0.05, 0) is 24.5 Å². The van der Waals surface area contributed by atoms with Crippen molar-refractivity contribution in [1.82, 2.24) is 4.98 Å². The van der Waals surface area contributed by atoms with E-state index in [1.165, 1.54) is 18.9 Å². The number of nitrogens with two attached hydrogens (primary N) is 2. The summed E-state index contributed by atoms with van der Waals surface area (Å²) in [5.74, 6) is 0.201. The average Bonchev–Trinajstić information content (AvgIpc) is 2.40. The van der Waals surface area contributed by atoms with Crippen LogP contribution in [-0.2, 0) is 0 Å². The van der Waals surface area contributed by atoms with Gasteiger partial charge in [-0.1, -0.05) is 33.1 Å². The van der Waals surface area contributed by atoms with Crippen molar-refractivity contribution in [2.75, 3.05) is 12.3 Å². The van der Waals surface area contributed by atoms with E-state index in [1.807, 2.05) is 0 Å². The number of unbranched alkanes of at least 4 members (excludes halogenated alkanes) is 1. The number of nitrogens with zero attached hydrogens (tertiary/aromatic N) is 1. The monoisotopic (exact) mass is 265 g/mol. The number of hydrogen-bond acceptors (Lipinski definition) is 4. The van der Waals surface area contributed by atoms with Crippen LogP contribution in [0.1, 0.15) is 50.0 Å². The first kappa shape index (κ1) is 15.3. The fraction of sp³-hybridized carbons (Fsp3) is 0.571. The van der Waals surface area contributed by atoms with E-state index in [1.54, 1.807) is 6.07 Å². The van der Waals surface area contributed by atoms with Crippen molar-refractivity contribution in [3.05, 3.63) is 17.8 Å². The zero-order valence-electron chi connectivity index (χ0n) is 11.7. The summed E-state index contributed by atoms with van der Waals surface area (Å²) in [7, 11) is 0. The zero-order chi connectivity index (χ0) is 14.3. The maximum Gasteiger partial charge on any atom is 0.267 e. The van der Waals surface area contributed by atoms with Gasteiger partial charge in [0, 0.05) is 0 Å². The summed E-state index contributed by atoms with van der Waals surface area (Å²) in [6.07, 6.45) is 4.54. The minimum absolute atomic E-state index is 0.172. The van der Waals surface area contributed by atoms with Gasteiger partial charge >= 0.3 is 0 Å². The molecule has 0 saturated heterocycles. The third-order valence-corrected chi connectivity index (χ3v) is 3.14. The first-order valence-electron chi connectivity index (χ1n) is 6.77. The van der Waals surface area contributed by atoms with E-state index in [-0.39, 0.29) is 5.69 Å². The number of aromatic nitrogens is 1. The average molecular weight is 265 g/mol. The van der Waals surface area contributed by atoms with Gasteiger partial charge in [-0.2, -0.15) is 0 Å². The molecule has 1 rings (SSSR count). The van der Waals surface area contributed by atoms with Gasteiger partial charge in [-0.25, -0.2) is 4.98 Å². The minimum atomic E-state index is -0.581. The minimum Gasteiger partial charge on any atom is -0.476 e. The molecule has 0 aromatic carbocycles. The number of pyridine rings is 1. The molecule has 1 amide bonds. The highest BCUT2D eigenvalue weighted by molar-refractivity contribution is 5.91. The number of nitrogen functional groups attached to an aromatic ring is 1. The van der Waals surface area contributed by atoms with Crippen molar-refractivity contribution >= 4 is 11.6 Å². The number of carbonyl (C=O) groups is 1. The number of hydrogen-bond donors (Lipinski definition) is 2. The van der Waals surface area contributed by atoms with Crippen molar-refractivity contribution in [3.63, 3.8) is 0 Å². The Hall–Kier alpha value is -1.78. The van der Waals surface area contributed by atoms with E-state index in [9.17, 15) is 4.79 Å². The lowest BCUT2D eigenvalue weighted by molar-refractivity contribution is 0.0994. The summed E-state index contributed by atoms with van der Waals surface area (Å²) < 4.78 is 5.63. The fourth-order valence-electron chi connectivity index (χ4n) is 1.80. The highest BCUT2D eigenvalue weighted by Crippen LogP contribution is 2.21. The van der Waals surface area contributed by atoms with Crippen LogP contribution in [0.15, 0.2) is 12.1 Å². The number of rotatable bonds is 8. The van der Waals surface area contributed by atoms with Gasteiger partial charge in [-0.3, -0.25) is 4.79 Å². The maximum atomic E-state index is 11.1. The molecule has 0 radical (unpaired) electrons. The Kier molecular flexibility index (Phi) is 6.12. The lowest BCUT2D eigenvalue weighted by Crippen LogP contribution is -2.16. The van der Waals surface area contributed by atoms with Crippen molar-refractivity contribution in [1.29, 1.82) is 0 Å². The van der Waals surface area contributed by atoms with Crippen molar-refractivity contribution in [2.45, 2.75) is 39.5 Å². The first-order valence-corrected chi connectivity index (χ1v) is 6.77. The first-order chi connectivity index (χ1) is 9.08.